The zero-order chi connectivity index (χ0) is 11.1. The number of nitrogens with two attached hydrogens (primary N) is 1. The van der Waals surface area contributed by atoms with Crippen molar-refractivity contribution in [3.63, 3.8) is 0 Å². The monoisotopic (exact) mass is 223 g/mol. The lowest BCUT2D eigenvalue weighted by molar-refractivity contribution is 0.637. The van der Waals surface area contributed by atoms with Crippen molar-refractivity contribution in [3.05, 3.63) is 35.4 Å². The summed E-state index contributed by atoms with van der Waals surface area (Å²) in [7, 11) is 0. The zero-order valence-electron chi connectivity index (χ0n) is 9.70. The first-order valence-electron chi connectivity index (χ1n) is 5.62. The van der Waals surface area contributed by atoms with Gasteiger partial charge in [0.25, 0.3) is 0 Å². The van der Waals surface area contributed by atoms with Crippen LogP contribution in [0.5, 0.6) is 0 Å². The molecule has 1 unspecified atom stereocenters. The van der Waals surface area contributed by atoms with Crippen LogP contribution < -0.4 is 5.73 Å². The van der Waals surface area contributed by atoms with Crippen LogP contribution in [0.4, 0.5) is 0 Å². The Morgan fingerprint density at radius 2 is 2.07 bits per heavy atom. The minimum Gasteiger partial charge on any atom is -0.326 e. The van der Waals surface area contributed by atoms with E-state index in [0.29, 0.717) is 6.54 Å². The van der Waals surface area contributed by atoms with Crippen LogP contribution >= 0.6 is 11.8 Å². The second-order valence-corrected chi connectivity index (χ2v) is 5.08. The van der Waals surface area contributed by atoms with E-state index >= 15 is 0 Å². The molecule has 84 valence electrons. The first kappa shape index (κ1) is 12.6. The first-order chi connectivity index (χ1) is 7.26. The molecule has 0 amide bonds. The fraction of sp³-hybridized carbons (Fsp3) is 0.538. The fourth-order valence-corrected chi connectivity index (χ4v) is 2.51. The van der Waals surface area contributed by atoms with Crippen molar-refractivity contribution in [2.45, 2.75) is 32.6 Å². The van der Waals surface area contributed by atoms with Gasteiger partial charge in [-0.25, -0.2) is 0 Å². The van der Waals surface area contributed by atoms with Gasteiger partial charge in [-0.15, -0.1) is 0 Å². The number of hydrogen-bond donors (Lipinski definition) is 1. The van der Waals surface area contributed by atoms with Gasteiger partial charge in [-0.3, -0.25) is 0 Å². The molecule has 0 aliphatic carbocycles. The maximum absolute atomic E-state index is 5.61. The van der Waals surface area contributed by atoms with Crippen molar-refractivity contribution in [1.29, 1.82) is 0 Å². The molecule has 2 heteroatoms. The fourth-order valence-electron chi connectivity index (χ4n) is 1.34. The van der Waals surface area contributed by atoms with E-state index in [9.17, 15) is 0 Å². The molecule has 0 heterocycles. The highest BCUT2D eigenvalue weighted by Crippen LogP contribution is 2.17. The standard InChI is InChI=1S/C13H21NS/c1-3-11(2)9-15-10-13-6-4-5-12(7-13)8-14/h4-7,11H,3,8-10,14H2,1-2H3. The van der Waals surface area contributed by atoms with Crippen LogP contribution in [0.25, 0.3) is 0 Å². The minimum absolute atomic E-state index is 0.643. The van der Waals surface area contributed by atoms with Gasteiger partial charge in [0.2, 0.25) is 0 Å². The lowest BCUT2D eigenvalue weighted by atomic mass is 10.1. The molecule has 15 heavy (non-hydrogen) atoms. The maximum Gasteiger partial charge on any atom is 0.0184 e. The molecule has 0 aliphatic rings. The second kappa shape index (κ2) is 6.91. The highest BCUT2D eigenvalue weighted by atomic mass is 32.2. The van der Waals surface area contributed by atoms with Gasteiger partial charge in [-0.05, 0) is 22.8 Å². The minimum atomic E-state index is 0.643. The van der Waals surface area contributed by atoms with Gasteiger partial charge in [-0.1, -0.05) is 44.5 Å². The van der Waals surface area contributed by atoms with Crippen molar-refractivity contribution < 1.29 is 0 Å². The van der Waals surface area contributed by atoms with Crippen molar-refractivity contribution >= 4 is 11.8 Å². The molecule has 0 saturated carbocycles. The molecule has 1 atom stereocenters. The predicted octanol–water partition coefficient (Wildman–Crippen LogP) is 3.42. The summed E-state index contributed by atoms with van der Waals surface area (Å²) < 4.78 is 0. The van der Waals surface area contributed by atoms with Crippen LogP contribution in [0, 0.1) is 5.92 Å². The Bertz CT molecular complexity index is 286. The van der Waals surface area contributed by atoms with E-state index in [-0.39, 0.29) is 0 Å². The normalized spacial score (nSPS) is 12.7. The summed E-state index contributed by atoms with van der Waals surface area (Å²) in [5.74, 6) is 3.19. The van der Waals surface area contributed by atoms with E-state index in [1.165, 1.54) is 23.3 Å². The van der Waals surface area contributed by atoms with Gasteiger partial charge in [0.15, 0.2) is 0 Å². The Morgan fingerprint density at radius 3 is 2.73 bits per heavy atom. The summed E-state index contributed by atoms with van der Waals surface area (Å²) in [6.07, 6.45) is 1.27. The van der Waals surface area contributed by atoms with Crippen molar-refractivity contribution in [1.82, 2.24) is 0 Å². The van der Waals surface area contributed by atoms with E-state index in [0.717, 1.165) is 11.7 Å². The Labute approximate surface area is 97.4 Å². The molecule has 1 nitrogen and oxygen atoms in total. The van der Waals surface area contributed by atoms with Crippen LogP contribution in [-0.2, 0) is 12.3 Å². The van der Waals surface area contributed by atoms with Gasteiger partial charge >= 0.3 is 0 Å². The van der Waals surface area contributed by atoms with Gasteiger partial charge in [0, 0.05) is 12.3 Å². The van der Waals surface area contributed by atoms with Gasteiger partial charge < -0.3 is 5.73 Å². The molecule has 0 aliphatic heterocycles. The quantitative estimate of drug-likeness (QED) is 0.799. The Kier molecular flexibility index (Phi) is 5.81. The van der Waals surface area contributed by atoms with Gasteiger partial charge in [-0.2, -0.15) is 11.8 Å². The molecule has 1 rings (SSSR count). The molecule has 1 aromatic carbocycles. The van der Waals surface area contributed by atoms with Crippen LogP contribution in [0.3, 0.4) is 0 Å². The average molecular weight is 223 g/mol. The SMILES string of the molecule is CCC(C)CSCc1cccc(CN)c1. The van der Waals surface area contributed by atoms with Gasteiger partial charge in [0.1, 0.15) is 0 Å². The molecule has 0 spiro atoms. The highest BCUT2D eigenvalue weighted by molar-refractivity contribution is 7.98. The molecule has 0 radical (unpaired) electrons. The van der Waals surface area contributed by atoms with E-state index in [2.05, 4.69) is 38.1 Å². The Balaban J connectivity index is 2.37. The number of benzene rings is 1. The molecular weight excluding hydrogens is 202 g/mol. The smallest absolute Gasteiger partial charge is 0.0184 e. The van der Waals surface area contributed by atoms with Crippen LogP contribution in [0.15, 0.2) is 24.3 Å². The molecule has 0 aromatic heterocycles. The topological polar surface area (TPSA) is 26.0 Å². The van der Waals surface area contributed by atoms with Crippen molar-refractivity contribution in [2.75, 3.05) is 5.75 Å². The van der Waals surface area contributed by atoms with E-state index < -0.39 is 0 Å². The van der Waals surface area contributed by atoms with E-state index in [4.69, 9.17) is 5.73 Å². The first-order valence-corrected chi connectivity index (χ1v) is 6.77. The summed E-state index contributed by atoms with van der Waals surface area (Å²) in [6.45, 7) is 5.20. The molecule has 0 bridgehead atoms. The lowest BCUT2D eigenvalue weighted by Crippen LogP contribution is -1.98. The maximum atomic E-state index is 5.61. The predicted molar refractivity (Wildman–Crippen MR) is 70.0 cm³/mol. The number of hydrogen-bond acceptors (Lipinski definition) is 2. The summed E-state index contributed by atoms with van der Waals surface area (Å²) in [6, 6.07) is 8.58. The third-order valence-electron chi connectivity index (χ3n) is 2.60. The second-order valence-electron chi connectivity index (χ2n) is 4.05. The lowest BCUT2D eigenvalue weighted by Gasteiger charge is -2.08. The summed E-state index contributed by atoms with van der Waals surface area (Å²) in [4.78, 5) is 0. The summed E-state index contributed by atoms with van der Waals surface area (Å²) in [5, 5.41) is 0. The zero-order valence-corrected chi connectivity index (χ0v) is 10.5. The average Bonchev–Trinajstić information content (AvgIpc) is 2.29. The number of thioether (sulfide) groups is 1. The number of rotatable bonds is 6. The van der Waals surface area contributed by atoms with Crippen LogP contribution in [0.2, 0.25) is 0 Å². The third kappa shape index (κ3) is 4.72. The molecule has 2 N–H and O–H groups in total. The van der Waals surface area contributed by atoms with Gasteiger partial charge in [0.05, 0.1) is 0 Å². The van der Waals surface area contributed by atoms with E-state index in [1.54, 1.807) is 0 Å². The Hall–Kier alpha value is -0.470. The molecule has 0 saturated heterocycles. The molecular formula is C13H21NS. The van der Waals surface area contributed by atoms with Crippen molar-refractivity contribution in [2.24, 2.45) is 11.7 Å². The van der Waals surface area contributed by atoms with Crippen molar-refractivity contribution in [3.8, 4) is 0 Å². The van der Waals surface area contributed by atoms with Crippen LogP contribution in [-0.4, -0.2) is 5.75 Å². The highest BCUT2D eigenvalue weighted by Gasteiger charge is 2.00. The summed E-state index contributed by atoms with van der Waals surface area (Å²) in [5.41, 5.74) is 8.24. The summed E-state index contributed by atoms with van der Waals surface area (Å²) >= 11 is 2.02. The third-order valence-corrected chi connectivity index (χ3v) is 3.94. The molecule has 0 fully saturated rings. The Morgan fingerprint density at radius 1 is 1.33 bits per heavy atom. The van der Waals surface area contributed by atoms with Crippen LogP contribution in [0.1, 0.15) is 31.4 Å². The molecule has 1 aromatic rings. The van der Waals surface area contributed by atoms with E-state index in [1.807, 2.05) is 11.8 Å². The largest absolute Gasteiger partial charge is 0.326 e.